The van der Waals surface area contributed by atoms with Crippen LogP contribution in [0.15, 0.2) is 12.1 Å². The number of piperidine rings is 1. The molecule has 0 atom stereocenters. The van der Waals surface area contributed by atoms with Gasteiger partial charge in [0, 0.05) is 24.6 Å². The number of likely N-dealkylation sites (tertiary alicyclic amines) is 1. The molecule has 1 heterocycles. The first-order chi connectivity index (χ1) is 10.6. The summed E-state index contributed by atoms with van der Waals surface area (Å²) in [5.41, 5.74) is 0.485. The van der Waals surface area contributed by atoms with Gasteiger partial charge in [0.05, 0.1) is 21.3 Å². The Balaban J connectivity index is 2.24. The molecule has 2 rings (SSSR count). The Morgan fingerprint density at radius 2 is 1.64 bits per heavy atom. The van der Waals surface area contributed by atoms with E-state index in [1.165, 1.54) is 21.3 Å². The zero-order valence-electron chi connectivity index (χ0n) is 13.1. The highest BCUT2D eigenvalue weighted by Gasteiger charge is 2.25. The zero-order chi connectivity index (χ0) is 16.1. The molecule has 22 heavy (non-hydrogen) atoms. The van der Waals surface area contributed by atoms with Crippen molar-refractivity contribution >= 4 is 12.2 Å². The largest absolute Gasteiger partial charge is 0.493 e. The van der Waals surface area contributed by atoms with E-state index in [2.05, 4.69) is 0 Å². The lowest BCUT2D eigenvalue weighted by atomic mass is 9.98. The van der Waals surface area contributed by atoms with Crippen molar-refractivity contribution in [1.29, 1.82) is 0 Å². The van der Waals surface area contributed by atoms with Crippen LogP contribution in [0.5, 0.6) is 17.2 Å². The van der Waals surface area contributed by atoms with Gasteiger partial charge in [-0.05, 0) is 25.0 Å². The minimum atomic E-state index is -0.0939. The molecule has 120 valence electrons. The second-order valence-corrected chi connectivity index (χ2v) is 5.18. The zero-order valence-corrected chi connectivity index (χ0v) is 13.1. The van der Waals surface area contributed by atoms with E-state index in [-0.39, 0.29) is 11.8 Å². The third-order valence-electron chi connectivity index (χ3n) is 3.93. The molecular weight excluding hydrogens is 286 g/mol. The van der Waals surface area contributed by atoms with Crippen LogP contribution in [0.1, 0.15) is 23.2 Å². The first kappa shape index (κ1) is 16.1. The normalized spacial score (nSPS) is 15.3. The quantitative estimate of drug-likeness (QED) is 0.776. The van der Waals surface area contributed by atoms with E-state index < -0.39 is 0 Å². The van der Waals surface area contributed by atoms with E-state index in [0.29, 0.717) is 48.7 Å². The molecule has 1 aliphatic rings. The highest BCUT2D eigenvalue weighted by atomic mass is 16.5. The smallest absolute Gasteiger partial charge is 0.254 e. The second-order valence-electron chi connectivity index (χ2n) is 5.18. The number of ether oxygens (including phenoxy) is 3. The topological polar surface area (TPSA) is 65.1 Å². The molecule has 1 aromatic rings. The van der Waals surface area contributed by atoms with Gasteiger partial charge in [-0.2, -0.15) is 0 Å². The van der Waals surface area contributed by atoms with Gasteiger partial charge < -0.3 is 23.9 Å². The van der Waals surface area contributed by atoms with Crippen LogP contribution >= 0.6 is 0 Å². The molecule has 0 aliphatic carbocycles. The number of benzene rings is 1. The van der Waals surface area contributed by atoms with E-state index in [0.717, 1.165) is 6.29 Å². The predicted octanol–water partition coefficient (Wildman–Crippen LogP) is 1.76. The van der Waals surface area contributed by atoms with E-state index in [1.54, 1.807) is 17.0 Å². The Morgan fingerprint density at radius 3 is 2.05 bits per heavy atom. The molecule has 0 unspecified atom stereocenters. The summed E-state index contributed by atoms with van der Waals surface area (Å²) in [6, 6.07) is 3.30. The Labute approximate surface area is 129 Å². The summed E-state index contributed by atoms with van der Waals surface area (Å²) in [6.07, 6.45) is 2.39. The lowest BCUT2D eigenvalue weighted by molar-refractivity contribution is -0.112. The molecule has 0 saturated carbocycles. The van der Waals surface area contributed by atoms with Gasteiger partial charge in [0.2, 0.25) is 5.75 Å². The van der Waals surface area contributed by atoms with Gasteiger partial charge in [-0.15, -0.1) is 0 Å². The average Bonchev–Trinajstić information content (AvgIpc) is 2.59. The number of hydrogen-bond donors (Lipinski definition) is 0. The third-order valence-corrected chi connectivity index (χ3v) is 3.93. The molecule has 1 fully saturated rings. The van der Waals surface area contributed by atoms with Crippen LogP contribution in [-0.2, 0) is 4.79 Å². The van der Waals surface area contributed by atoms with Gasteiger partial charge >= 0.3 is 0 Å². The van der Waals surface area contributed by atoms with Crippen molar-refractivity contribution in [3.63, 3.8) is 0 Å². The van der Waals surface area contributed by atoms with Crippen LogP contribution < -0.4 is 14.2 Å². The number of hydrogen-bond acceptors (Lipinski definition) is 5. The molecule has 0 bridgehead atoms. The van der Waals surface area contributed by atoms with Crippen molar-refractivity contribution in [2.24, 2.45) is 5.92 Å². The van der Waals surface area contributed by atoms with Gasteiger partial charge in [-0.25, -0.2) is 0 Å². The molecule has 1 amide bonds. The van der Waals surface area contributed by atoms with E-state index in [9.17, 15) is 9.59 Å². The molecular formula is C16H21NO5. The van der Waals surface area contributed by atoms with Gasteiger partial charge in [-0.3, -0.25) is 4.79 Å². The SMILES string of the molecule is COc1cc(C(=O)N2CCC(C=O)CC2)cc(OC)c1OC. The summed E-state index contributed by atoms with van der Waals surface area (Å²) >= 11 is 0. The Kier molecular flexibility index (Phi) is 5.25. The lowest BCUT2D eigenvalue weighted by Gasteiger charge is -2.30. The maximum Gasteiger partial charge on any atom is 0.254 e. The summed E-state index contributed by atoms with van der Waals surface area (Å²) < 4.78 is 15.8. The lowest BCUT2D eigenvalue weighted by Crippen LogP contribution is -2.38. The van der Waals surface area contributed by atoms with Crippen LogP contribution in [0.2, 0.25) is 0 Å². The average molecular weight is 307 g/mol. The first-order valence-corrected chi connectivity index (χ1v) is 7.19. The van der Waals surface area contributed by atoms with E-state index in [4.69, 9.17) is 14.2 Å². The maximum atomic E-state index is 12.6. The van der Waals surface area contributed by atoms with Crippen molar-refractivity contribution in [2.75, 3.05) is 34.4 Å². The van der Waals surface area contributed by atoms with Crippen molar-refractivity contribution in [2.45, 2.75) is 12.8 Å². The summed E-state index contributed by atoms with van der Waals surface area (Å²) in [7, 11) is 4.55. The molecule has 1 saturated heterocycles. The van der Waals surface area contributed by atoms with Crippen LogP contribution in [0.25, 0.3) is 0 Å². The summed E-state index contributed by atoms with van der Waals surface area (Å²) in [5, 5.41) is 0. The molecule has 6 nitrogen and oxygen atoms in total. The summed E-state index contributed by atoms with van der Waals surface area (Å²) in [4.78, 5) is 25.2. The van der Waals surface area contributed by atoms with Crippen LogP contribution in [0, 0.1) is 5.92 Å². The molecule has 6 heteroatoms. The fourth-order valence-electron chi connectivity index (χ4n) is 2.63. The number of amides is 1. The number of methoxy groups -OCH3 is 3. The Morgan fingerprint density at radius 1 is 1.09 bits per heavy atom. The van der Waals surface area contributed by atoms with Crippen molar-refractivity contribution in [3.8, 4) is 17.2 Å². The standard InChI is InChI=1S/C16H21NO5/c1-20-13-8-12(9-14(21-2)15(13)22-3)16(19)17-6-4-11(10-18)5-7-17/h8-11H,4-7H2,1-3H3. The molecule has 0 spiro atoms. The van der Waals surface area contributed by atoms with Gasteiger partial charge in [-0.1, -0.05) is 0 Å². The van der Waals surface area contributed by atoms with E-state index in [1.807, 2.05) is 0 Å². The fourth-order valence-corrected chi connectivity index (χ4v) is 2.63. The van der Waals surface area contributed by atoms with E-state index >= 15 is 0 Å². The van der Waals surface area contributed by atoms with Crippen LogP contribution in [-0.4, -0.2) is 51.5 Å². The fraction of sp³-hybridized carbons (Fsp3) is 0.500. The Bertz CT molecular complexity index is 524. The summed E-state index contributed by atoms with van der Waals surface area (Å²) in [6.45, 7) is 1.16. The molecule has 0 aromatic heterocycles. The molecule has 0 N–H and O–H groups in total. The number of nitrogens with zero attached hydrogens (tertiary/aromatic N) is 1. The van der Waals surface area contributed by atoms with Crippen molar-refractivity contribution in [1.82, 2.24) is 4.90 Å². The maximum absolute atomic E-state index is 12.6. The molecule has 1 aromatic carbocycles. The number of aldehydes is 1. The number of carbonyl (C=O) groups excluding carboxylic acids is 2. The van der Waals surface area contributed by atoms with Gasteiger partial charge in [0.1, 0.15) is 6.29 Å². The Hall–Kier alpha value is -2.24. The van der Waals surface area contributed by atoms with Crippen molar-refractivity contribution < 1.29 is 23.8 Å². The van der Waals surface area contributed by atoms with Gasteiger partial charge in [0.25, 0.3) is 5.91 Å². The molecule has 0 radical (unpaired) electrons. The third kappa shape index (κ3) is 3.16. The van der Waals surface area contributed by atoms with Gasteiger partial charge in [0.15, 0.2) is 11.5 Å². The summed E-state index contributed by atoms with van der Waals surface area (Å²) in [5.74, 6) is 1.33. The highest BCUT2D eigenvalue weighted by Crippen LogP contribution is 2.38. The minimum Gasteiger partial charge on any atom is -0.493 e. The first-order valence-electron chi connectivity index (χ1n) is 7.19. The second kappa shape index (κ2) is 7.15. The highest BCUT2D eigenvalue weighted by molar-refractivity contribution is 5.95. The van der Waals surface area contributed by atoms with Crippen LogP contribution in [0.4, 0.5) is 0 Å². The predicted molar refractivity (Wildman–Crippen MR) is 80.8 cm³/mol. The molecule has 1 aliphatic heterocycles. The number of rotatable bonds is 5. The van der Waals surface area contributed by atoms with Crippen molar-refractivity contribution in [3.05, 3.63) is 17.7 Å². The monoisotopic (exact) mass is 307 g/mol. The minimum absolute atomic E-state index is 0.0592. The van der Waals surface area contributed by atoms with Crippen LogP contribution in [0.3, 0.4) is 0 Å². The number of carbonyl (C=O) groups is 2.